The van der Waals surface area contributed by atoms with Crippen LogP contribution in [0.25, 0.3) is 0 Å². The number of hydrogen-bond acceptors (Lipinski definition) is 4. The first kappa shape index (κ1) is 16.6. The van der Waals surface area contributed by atoms with Crippen molar-refractivity contribution in [3.8, 4) is 23.0 Å². The van der Waals surface area contributed by atoms with Crippen molar-refractivity contribution in [3.63, 3.8) is 0 Å². The van der Waals surface area contributed by atoms with E-state index in [0.29, 0.717) is 0 Å². The van der Waals surface area contributed by atoms with Crippen molar-refractivity contribution >= 4 is 34.4 Å². The van der Waals surface area contributed by atoms with E-state index in [4.69, 9.17) is 21.1 Å². The van der Waals surface area contributed by atoms with Gasteiger partial charge in [-0.1, -0.05) is 41.9 Å². The van der Waals surface area contributed by atoms with E-state index >= 15 is 0 Å². The predicted molar refractivity (Wildman–Crippen MR) is 116 cm³/mol. The number of fused-ring (bicyclic) bond motifs is 4. The third kappa shape index (κ3) is 2.60. The van der Waals surface area contributed by atoms with Crippen molar-refractivity contribution in [2.75, 3.05) is 10.2 Å². The van der Waals surface area contributed by atoms with E-state index in [-0.39, 0.29) is 0 Å². The van der Waals surface area contributed by atoms with Gasteiger partial charge in [-0.3, -0.25) is 4.90 Å². The molecule has 4 nitrogen and oxygen atoms in total. The quantitative estimate of drug-likeness (QED) is 0.331. The van der Waals surface area contributed by atoms with Gasteiger partial charge in [0.05, 0.1) is 16.4 Å². The molecule has 0 spiro atoms. The minimum atomic E-state index is 0.738. The SMILES string of the molecule is ClC1=C(Nc2cc3c4c(c2)Oc2ccccc2N4c2ccccc2O3)CCC=C1. The average molecular weight is 401 g/mol. The molecule has 0 fully saturated rings. The van der Waals surface area contributed by atoms with Crippen molar-refractivity contribution in [2.45, 2.75) is 12.8 Å². The third-order valence-electron chi connectivity index (χ3n) is 5.32. The van der Waals surface area contributed by atoms with E-state index in [2.05, 4.69) is 28.4 Å². The topological polar surface area (TPSA) is 33.7 Å². The highest BCUT2D eigenvalue weighted by Gasteiger charge is 2.34. The predicted octanol–water partition coefficient (Wildman–Crippen LogP) is 7.58. The number of allylic oxidation sites excluding steroid dienone is 4. The van der Waals surface area contributed by atoms with Crippen LogP contribution in [0.15, 0.2) is 83.5 Å². The number of halogens is 1. The monoisotopic (exact) mass is 400 g/mol. The molecule has 6 rings (SSSR count). The molecule has 3 aromatic carbocycles. The molecule has 5 heteroatoms. The zero-order valence-electron chi connectivity index (χ0n) is 15.5. The number of rotatable bonds is 2. The summed E-state index contributed by atoms with van der Waals surface area (Å²) in [6.07, 6.45) is 5.87. The average Bonchev–Trinajstić information content (AvgIpc) is 2.75. The van der Waals surface area contributed by atoms with Gasteiger partial charge in [0.1, 0.15) is 5.69 Å². The Morgan fingerprint density at radius 1 is 0.828 bits per heavy atom. The first-order chi connectivity index (χ1) is 14.3. The van der Waals surface area contributed by atoms with E-state index < -0.39 is 0 Å². The molecule has 0 radical (unpaired) electrons. The molecule has 0 atom stereocenters. The van der Waals surface area contributed by atoms with Crippen LogP contribution >= 0.6 is 11.6 Å². The van der Waals surface area contributed by atoms with Gasteiger partial charge in [-0.05, 0) is 43.2 Å². The largest absolute Gasteiger partial charge is 0.453 e. The Morgan fingerprint density at radius 2 is 1.45 bits per heavy atom. The van der Waals surface area contributed by atoms with Gasteiger partial charge in [0.2, 0.25) is 0 Å². The number of hydrogen-bond donors (Lipinski definition) is 1. The molecule has 0 saturated heterocycles. The van der Waals surface area contributed by atoms with Crippen LogP contribution in [0.1, 0.15) is 12.8 Å². The number of para-hydroxylation sites is 4. The van der Waals surface area contributed by atoms with Gasteiger partial charge in [-0.25, -0.2) is 0 Å². The minimum absolute atomic E-state index is 0.738. The maximum absolute atomic E-state index is 6.38. The highest BCUT2D eigenvalue weighted by atomic mass is 35.5. The van der Waals surface area contributed by atoms with Crippen LogP contribution in [0.2, 0.25) is 0 Å². The normalized spacial score (nSPS) is 15.7. The van der Waals surface area contributed by atoms with E-state index in [1.165, 1.54) is 0 Å². The van der Waals surface area contributed by atoms with Gasteiger partial charge in [0.25, 0.3) is 0 Å². The van der Waals surface area contributed by atoms with Crippen LogP contribution in [-0.2, 0) is 0 Å². The number of nitrogens with one attached hydrogen (secondary N) is 1. The summed E-state index contributed by atoms with van der Waals surface area (Å²) in [4.78, 5) is 2.21. The summed E-state index contributed by atoms with van der Waals surface area (Å²) in [7, 11) is 0. The molecule has 3 aromatic rings. The summed E-state index contributed by atoms with van der Waals surface area (Å²) in [5.74, 6) is 3.14. The number of anilines is 4. The van der Waals surface area contributed by atoms with E-state index in [1.807, 2.05) is 54.6 Å². The molecule has 1 N–H and O–H groups in total. The summed E-state index contributed by atoms with van der Waals surface area (Å²) >= 11 is 6.38. The van der Waals surface area contributed by atoms with Crippen LogP contribution < -0.4 is 19.7 Å². The fourth-order valence-corrected chi connectivity index (χ4v) is 4.26. The van der Waals surface area contributed by atoms with Gasteiger partial charge in [-0.15, -0.1) is 0 Å². The second-order valence-corrected chi connectivity index (χ2v) is 7.60. The minimum Gasteiger partial charge on any atom is -0.453 e. The number of benzene rings is 3. The molecule has 3 aliphatic rings. The van der Waals surface area contributed by atoms with E-state index in [9.17, 15) is 0 Å². The fourth-order valence-electron chi connectivity index (χ4n) is 4.03. The molecule has 2 heterocycles. The third-order valence-corrected chi connectivity index (χ3v) is 5.68. The smallest absolute Gasteiger partial charge is 0.157 e. The first-order valence-electron chi connectivity index (χ1n) is 9.62. The van der Waals surface area contributed by atoms with Crippen molar-refractivity contribution in [1.29, 1.82) is 0 Å². The molecule has 2 aliphatic heterocycles. The van der Waals surface area contributed by atoms with Gasteiger partial charge >= 0.3 is 0 Å². The summed E-state index contributed by atoms with van der Waals surface area (Å²) in [5, 5.41) is 4.20. The van der Waals surface area contributed by atoms with Crippen LogP contribution in [0.4, 0.5) is 22.7 Å². The lowest BCUT2D eigenvalue weighted by atomic mass is 10.1. The maximum Gasteiger partial charge on any atom is 0.157 e. The van der Waals surface area contributed by atoms with Crippen LogP contribution in [-0.4, -0.2) is 0 Å². The lowest BCUT2D eigenvalue weighted by Crippen LogP contribution is -2.20. The Balaban J connectivity index is 1.52. The molecule has 0 aromatic heterocycles. The number of ether oxygens (including phenoxy) is 2. The highest BCUT2D eigenvalue weighted by Crippen LogP contribution is 2.60. The molecule has 0 amide bonds. The van der Waals surface area contributed by atoms with Gasteiger partial charge in [-0.2, -0.15) is 0 Å². The van der Waals surface area contributed by atoms with Crippen LogP contribution in [0.5, 0.6) is 23.0 Å². The second-order valence-electron chi connectivity index (χ2n) is 7.19. The number of nitrogens with zero attached hydrogens (tertiary/aromatic N) is 1. The molecule has 0 bridgehead atoms. The fraction of sp³-hybridized carbons (Fsp3) is 0.0833. The lowest BCUT2D eigenvalue weighted by molar-refractivity contribution is 0.446. The van der Waals surface area contributed by atoms with Gasteiger partial charge in [0, 0.05) is 23.5 Å². The summed E-state index contributed by atoms with van der Waals surface area (Å²) in [5.41, 5.74) is 4.81. The van der Waals surface area contributed by atoms with Crippen LogP contribution in [0.3, 0.4) is 0 Å². The van der Waals surface area contributed by atoms with Crippen molar-refractivity contribution < 1.29 is 9.47 Å². The molecular weight excluding hydrogens is 384 g/mol. The summed E-state index contributed by atoms with van der Waals surface area (Å²) in [6.45, 7) is 0. The summed E-state index contributed by atoms with van der Waals surface area (Å²) in [6, 6.07) is 20.1. The molecular formula is C24H17ClN2O2. The first-order valence-corrected chi connectivity index (χ1v) is 10.00. The lowest BCUT2D eigenvalue weighted by Gasteiger charge is -2.38. The Morgan fingerprint density at radius 3 is 2.07 bits per heavy atom. The molecule has 0 unspecified atom stereocenters. The molecule has 29 heavy (non-hydrogen) atoms. The summed E-state index contributed by atoms with van der Waals surface area (Å²) < 4.78 is 12.5. The Bertz CT molecular complexity index is 1140. The van der Waals surface area contributed by atoms with Crippen molar-refractivity contribution in [2.24, 2.45) is 0 Å². The second kappa shape index (κ2) is 6.33. The Hall–Kier alpha value is -3.37. The van der Waals surface area contributed by atoms with Gasteiger partial charge in [0.15, 0.2) is 23.0 Å². The molecule has 1 aliphatic carbocycles. The van der Waals surface area contributed by atoms with Crippen molar-refractivity contribution in [1.82, 2.24) is 0 Å². The zero-order chi connectivity index (χ0) is 19.4. The van der Waals surface area contributed by atoms with E-state index in [0.717, 1.165) is 69.3 Å². The molecule has 142 valence electrons. The van der Waals surface area contributed by atoms with Crippen LogP contribution in [0, 0.1) is 0 Å². The standard InChI is InChI=1S/C24H17ClN2O2/c25-16-7-1-2-8-17(16)26-15-13-22-24-23(14-15)29-21-12-6-4-10-19(21)27(24)18-9-3-5-11-20(18)28-22/h1,3-7,9-14,26H,2,8H2. The van der Waals surface area contributed by atoms with Crippen molar-refractivity contribution in [3.05, 3.63) is 83.5 Å². The Labute approximate surface area is 173 Å². The zero-order valence-corrected chi connectivity index (χ0v) is 16.2. The highest BCUT2D eigenvalue weighted by molar-refractivity contribution is 6.31. The molecule has 0 saturated carbocycles. The van der Waals surface area contributed by atoms with Gasteiger partial charge < -0.3 is 14.8 Å². The maximum atomic E-state index is 6.38. The Kier molecular flexibility index (Phi) is 3.61. The van der Waals surface area contributed by atoms with E-state index in [1.54, 1.807) is 0 Å².